The van der Waals surface area contributed by atoms with Crippen molar-refractivity contribution in [2.45, 2.75) is 25.8 Å². The predicted molar refractivity (Wildman–Crippen MR) is 54.2 cm³/mol. The molecule has 1 unspecified atom stereocenters. The number of nitrogens with one attached hydrogen (secondary N) is 1. The molecule has 4 nitrogen and oxygen atoms in total. The van der Waals surface area contributed by atoms with Gasteiger partial charge in [-0.15, -0.1) is 0 Å². The molecule has 1 aromatic heterocycles. The molecule has 87 valence electrons. The van der Waals surface area contributed by atoms with E-state index in [1.165, 1.54) is 0 Å². The van der Waals surface area contributed by atoms with Crippen molar-refractivity contribution in [2.75, 3.05) is 5.32 Å². The van der Waals surface area contributed by atoms with Crippen LogP contribution in [0, 0.1) is 0 Å². The molecule has 1 atom stereocenters. The van der Waals surface area contributed by atoms with Crippen molar-refractivity contribution in [3.05, 3.63) is 24.4 Å². The molecule has 2 N–H and O–H groups in total. The van der Waals surface area contributed by atoms with Gasteiger partial charge in [0.05, 0.1) is 0 Å². The van der Waals surface area contributed by atoms with Gasteiger partial charge in [-0.2, -0.15) is 0 Å². The molecule has 15 heavy (non-hydrogen) atoms. The Kier molecular flexibility index (Phi) is 7.03. The Bertz CT molecular complexity index is 293. The van der Waals surface area contributed by atoms with Gasteiger partial charge in [0.1, 0.15) is 11.9 Å². The molecule has 0 amide bonds. The van der Waals surface area contributed by atoms with E-state index in [-0.39, 0.29) is 22.4 Å². The topological polar surface area (TPSA) is 62.2 Å². The molecule has 0 bridgehead atoms. The molecule has 0 aliphatic rings. The largest absolute Gasteiger partial charge is 0.480 e. The Balaban J connectivity index is 0.00000196. The maximum absolute atomic E-state index is 10.8. The number of nitrogens with zero attached hydrogens (tertiary/aromatic N) is 1. The minimum Gasteiger partial charge on any atom is -0.480 e. The van der Waals surface area contributed by atoms with Gasteiger partial charge in [-0.25, -0.2) is 9.78 Å². The van der Waals surface area contributed by atoms with Crippen LogP contribution in [0.3, 0.4) is 0 Å². The summed E-state index contributed by atoms with van der Waals surface area (Å²) in [6.07, 6.45) is 3.07. The van der Waals surface area contributed by atoms with Gasteiger partial charge in [0.2, 0.25) is 0 Å². The van der Waals surface area contributed by atoms with Crippen molar-refractivity contribution in [3.8, 4) is 0 Å². The maximum atomic E-state index is 10.8. The Labute approximate surface area is 105 Å². The molecule has 0 aromatic carbocycles. The fourth-order valence-corrected chi connectivity index (χ4v) is 1.17. The van der Waals surface area contributed by atoms with E-state index in [0.29, 0.717) is 12.2 Å². The summed E-state index contributed by atoms with van der Waals surface area (Å²) in [6, 6.07) is 4.82. The molecule has 5 heteroatoms. The van der Waals surface area contributed by atoms with Crippen LogP contribution in [0.1, 0.15) is 19.8 Å². The van der Waals surface area contributed by atoms with E-state index in [1.54, 1.807) is 18.3 Å². The summed E-state index contributed by atoms with van der Waals surface area (Å²) in [5, 5.41) is 11.7. The van der Waals surface area contributed by atoms with Crippen LogP contribution in [0.15, 0.2) is 24.4 Å². The molecule has 1 heterocycles. The second-order valence-corrected chi connectivity index (χ2v) is 3.04. The number of hydrogen-bond acceptors (Lipinski definition) is 3. The number of hydrogen-bond donors (Lipinski definition) is 2. The van der Waals surface area contributed by atoms with Crippen molar-refractivity contribution in [2.24, 2.45) is 0 Å². The van der Waals surface area contributed by atoms with E-state index < -0.39 is 12.0 Å². The van der Waals surface area contributed by atoms with Crippen molar-refractivity contribution >= 4 is 11.8 Å². The summed E-state index contributed by atoms with van der Waals surface area (Å²) in [6.45, 7) is 1.95. The summed E-state index contributed by atoms with van der Waals surface area (Å²) in [5.74, 6) is -0.231. The summed E-state index contributed by atoms with van der Waals surface area (Å²) < 4.78 is 0. The summed E-state index contributed by atoms with van der Waals surface area (Å²) in [5.41, 5.74) is 0. The van der Waals surface area contributed by atoms with Crippen LogP contribution in [0.25, 0.3) is 0 Å². The van der Waals surface area contributed by atoms with Crippen LogP contribution in [0.5, 0.6) is 0 Å². The fourth-order valence-electron chi connectivity index (χ4n) is 1.17. The predicted octanol–water partition coefficient (Wildman–Crippen LogP) is 1.74. The number of anilines is 1. The smallest absolute Gasteiger partial charge is 0.326 e. The first kappa shape index (κ1) is 14.2. The zero-order valence-corrected chi connectivity index (χ0v) is 9.89. The minimum atomic E-state index is -0.836. The van der Waals surface area contributed by atoms with Crippen LogP contribution < -0.4 is 5.32 Å². The summed E-state index contributed by atoms with van der Waals surface area (Å²) in [7, 11) is 0. The standard InChI is InChI=1S/C10H14N2O2.Ag/c1-2-5-8(10(13)14)12-9-6-3-4-7-11-9;/h3-4,6-8H,2,5H2,1H3,(H,11,12)(H,13,14);. The molecule has 1 rings (SSSR count). The van der Waals surface area contributed by atoms with Gasteiger partial charge in [0.25, 0.3) is 0 Å². The monoisotopic (exact) mass is 301 g/mol. The number of carboxylic acids is 1. The van der Waals surface area contributed by atoms with E-state index in [4.69, 9.17) is 5.11 Å². The molecule has 1 radical (unpaired) electrons. The molecule has 0 aliphatic heterocycles. The van der Waals surface area contributed by atoms with Gasteiger partial charge in [-0.1, -0.05) is 19.4 Å². The number of carbonyl (C=O) groups is 1. The van der Waals surface area contributed by atoms with Gasteiger partial charge >= 0.3 is 5.97 Å². The van der Waals surface area contributed by atoms with Gasteiger partial charge in [-0.05, 0) is 18.6 Å². The van der Waals surface area contributed by atoms with E-state index in [9.17, 15) is 4.79 Å². The summed E-state index contributed by atoms with van der Waals surface area (Å²) in [4.78, 5) is 14.8. The second-order valence-electron chi connectivity index (χ2n) is 3.04. The van der Waals surface area contributed by atoms with Gasteiger partial charge in [-0.3, -0.25) is 0 Å². The summed E-state index contributed by atoms with van der Waals surface area (Å²) >= 11 is 0. The van der Waals surface area contributed by atoms with Crippen molar-refractivity contribution in [1.29, 1.82) is 0 Å². The Morgan fingerprint density at radius 1 is 1.60 bits per heavy atom. The SMILES string of the molecule is CCCC(Nc1ccccn1)C(=O)O.[Ag]. The molecular formula is C10H14AgN2O2. The second kappa shape index (κ2) is 7.45. The molecule has 0 saturated carbocycles. The Hall–Kier alpha value is -0.840. The van der Waals surface area contributed by atoms with Crippen LogP contribution in [0.4, 0.5) is 5.82 Å². The zero-order valence-electron chi connectivity index (χ0n) is 8.41. The third-order valence-electron chi connectivity index (χ3n) is 1.86. The molecule has 0 spiro atoms. The van der Waals surface area contributed by atoms with E-state index in [0.717, 1.165) is 6.42 Å². The molecule has 0 fully saturated rings. The molecule has 0 saturated heterocycles. The van der Waals surface area contributed by atoms with Crippen molar-refractivity contribution in [3.63, 3.8) is 0 Å². The first-order valence-corrected chi connectivity index (χ1v) is 4.64. The fraction of sp³-hybridized carbons (Fsp3) is 0.400. The third kappa shape index (κ3) is 4.97. The quantitative estimate of drug-likeness (QED) is 0.813. The average molecular weight is 302 g/mol. The number of rotatable bonds is 5. The first-order chi connectivity index (χ1) is 6.74. The normalized spacial score (nSPS) is 11.3. The van der Waals surface area contributed by atoms with Crippen molar-refractivity contribution < 1.29 is 32.3 Å². The number of aliphatic carboxylic acids is 1. The van der Waals surface area contributed by atoms with Gasteiger partial charge in [0, 0.05) is 28.6 Å². The number of carboxylic acid groups (broad SMARTS) is 1. The Morgan fingerprint density at radius 2 is 2.33 bits per heavy atom. The van der Waals surface area contributed by atoms with Gasteiger partial charge < -0.3 is 10.4 Å². The molecule has 1 aromatic rings. The van der Waals surface area contributed by atoms with Crippen LogP contribution in [-0.4, -0.2) is 22.1 Å². The van der Waals surface area contributed by atoms with E-state index in [2.05, 4.69) is 10.3 Å². The van der Waals surface area contributed by atoms with E-state index >= 15 is 0 Å². The van der Waals surface area contributed by atoms with Crippen LogP contribution >= 0.6 is 0 Å². The molecule has 0 aliphatic carbocycles. The van der Waals surface area contributed by atoms with Crippen LogP contribution in [-0.2, 0) is 27.2 Å². The van der Waals surface area contributed by atoms with E-state index in [1.807, 2.05) is 13.0 Å². The van der Waals surface area contributed by atoms with Crippen LogP contribution in [0.2, 0.25) is 0 Å². The number of pyridine rings is 1. The maximum Gasteiger partial charge on any atom is 0.326 e. The van der Waals surface area contributed by atoms with Gasteiger partial charge in [0.15, 0.2) is 0 Å². The number of aromatic nitrogens is 1. The first-order valence-electron chi connectivity index (χ1n) is 4.64. The zero-order chi connectivity index (χ0) is 10.4. The minimum absolute atomic E-state index is 0. The average Bonchev–Trinajstić information content (AvgIpc) is 2.18. The van der Waals surface area contributed by atoms with Crippen molar-refractivity contribution in [1.82, 2.24) is 4.98 Å². The molecular weight excluding hydrogens is 288 g/mol. The Morgan fingerprint density at radius 3 is 2.80 bits per heavy atom. The third-order valence-corrected chi connectivity index (χ3v) is 1.86.